The highest BCUT2D eigenvalue weighted by molar-refractivity contribution is 6.35. The van der Waals surface area contributed by atoms with Gasteiger partial charge in [-0.25, -0.2) is 5.43 Å². The number of aromatic nitrogens is 1. The summed E-state index contributed by atoms with van der Waals surface area (Å²) in [5, 5.41) is 26.8. The lowest BCUT2D eigenvalue weighted by atomic mass is 10.1. The number of carbonyl (C=O) groups excluding carboxylic acids is 1. The predicted octanol–water partition coefficient (Wildman–Crippen LogP) is 5.37. The van der Waals surface area contributed by atoms with Crippen LogP contribution in [0.4, 0.5) is 5.69 Å². The second kappa shape index (κ2) is 9.32. The van der Waals surface area contributed by atoms with Gasteiger partial charge in [-0.15, -0.1) is 0 Å². The van der Waals surface area contributed by atoms with E-state index in [1.807, 2.05) is 41.1 Å². The molecule has 4 aromatic rings. The van der Waals surface area contributed by atoms with Crippen LogP contribution in [-0.2, 0) is 6.54 Å². The van der Waals surface area contributed by atoms with E-state index in [2.05, 4.69) is 10.5 Å². The summed E-state index contributed by atoms with van der Waals surface area (Å²) < 4.78 is 2.00. The quantitative estimate of drug-likeness (QED) is 0.218. The Labute approximate surface area is 197 Å². The van der Waals surface area contributed by atoms with Crippen molar-refractivity contribution in [2.45, 2.75) is 6.54 Å². The number of para-hydroxylation sites is 1. The average Bonchev–Trinajstić information content (AvgIpc) is 3.13. The van der Waals surface area contributed by atoms with Crippen LogP contribution < -0.4 is 5.43 Å². The van der Waals surface area contributed by atoms with Crippen LogP contribution in [0.5, 0.6) is 5.75 Å². The molecule has 0 fully saturated rings. The number of aromatic hydroxyl groups is 1. The largest absolute Gasteiger partial charge is 0.507 e. The molecule has 1 amide bonds. The molecule has 3 aromatic carbocycles. The topological polar surface area (TPSA) is 110 Å². The number of non-ortho nitro benzene ring substituents is 1. The van der Waals surface area contributed by atoms with Gasteiger partial charge in [0.15, 0.2) is 0 Å². The number of nitrogens with zero attached hydrogens (tertiary/aromatic N) is 3. The molecule has 1 heterocycles. The molecule has 0 radical (unpaired) electrons. The van der Waals surface area contributed by atoms with Crippen LogP contribution in [0.15, 0.2) is 72.0 Å². The molecule has 4 rings (SSSR count). The highest BCUT2D eigenvalue weighted by Gasteiger charge is 2.16. The molecule has 0 atom stereocenters. The Balaban J connectivity index is 1.59. The molecular formula is C23H16Cl2N4O4. The lowest BCUT2D eigenvalue weighted by molar-refractivity contribution is -0.384. The van der Waals surface area contributed by atoms with Gasteiger partial charge in [-0.05, 0) is 29.8 Å². The zero-order valence-electron chi connectivity index (χ0n) is 16.9. The summed E-state index contributed by atoms with van der Waals surface area (Å²) in [6, 6.07) is 16.2. The van der Waals surface area contributed by atoms with E-state index in [4.69, 9.17) is 23.2 Å². The maximum Gasteiger partial charge on any atom is 0.275 e. The van der Waals surface area contributed by atoms with E-state index in [1.165, 1.54) is 6.21 Å². The van der Waals surface area contributed by atoms with Gasteiger partial charge in [0.2, 0.25) is 0 Å². The van der Waals surface area contributed by atoms with Crippen molar-refractivity contribution in [3.8, 4) is 5.75 Å². The summed E-state index contributed by atoms with van der Waals surface area (Å²) in [6.07, 6.45) is 3.34. The van der Waals surface area contributed by atoms with E-state index in [0.717, 1.165) is 40.2 Å². The van der Waals surface area contributed by atoms with Crippen molar-refractivity contribution in [3.63, 3.8) is 0 Å². The number of nitro benzene ring substituents is 1. The molecule has 0 spiro atoms. The molecule has 10 heteroatoms. The molecule has 33 heavy (non-hydrogen) atoms. The highest BCUT2D eigenvalue weighted by atomic mass is 35.5. The van der Waals surface area contributed by atoms with Crippen molar-refractivity contribution in [2.75, 3.05) is 0 Å². The Kier molecular flexibility index (Phi) is 6.30. The predicted molar refractivity (Wildman–Crippen MR) is 127 cm³/mol. The molecule has 8 nitrogen and oxygen atoms in total. The number of carbonyl (C=O) groups is 1. The maximum atomic E-state index is 12.4. The van der Waals surface area contributed by atoms with Gasteiger partial charge in [0, 0.05) is 51.4 Å². The van der Waals surface area contributed by atoms with Gasteiger partial charge in [-0.2, -0.15) is 5.10 Å². The third kappa shape index (κ3) is 4.82. The summed E-state index contributed by atoms with van der Waals surface area (Å²) in [5.74, 6) is -1.16. The van der Waals surface area contributed by atoms with Gasteiger partial charge in [0.25, 0.3) is 11.6 Å². The van der Waals surface area contributed by atoms with E-state index in [1.54, 1.807) is 12.1 Å². The van der Waals surface area contributed by atoms with E-state index in [9.17, 15) is 20.0 Å². The molecule has 0 bridgehead atoms. The number of hydrogen-bond acceptors (Lipinski definition) is 5. The number of amides is 1. The van der Waals surface area contributed by atoms with Crippen LogP contribution in [0.1, 0.15) is 21.5 Å². The monoisotopic (exact) mass is 482 g/mol. The maximum absolute atomic E-state index is 12.4. The van der Waals surface area contributed by atoms with Gasteiger partial charge in [0.05, 0.1) is 16.7 Å². The summed E-state index contributed by atoms with van der Waals surface area (Å²) in [4.78, 5) is 22.6. The highest BCUT2D eigenvalue weighted by Crippen LogP contribution is 2.26. The van der Waals surface area contributed by atoms with Crippen molar-refractivity contribution >= 4 is 51.9 Å². The average molecular weight is 483 g/mol. The minimum Gasteiger partial charge on any atom is -0.507 e. The van der Waals surface area contributed by atoms with Crippen molar-refractivity contribution in [1.29, 1.82) is 0 Å². The summed E-state index contributed by atoms with van der Waals surface area (Å²) in [5.41, 5.74) is 4.30. The third-order valence-corrected chi connectivity index (χ3v) is 5.57. The number of benzene rings is 3. The van der Waals surface area contributed by atoms with Crippen molar-refractivity contribution < 1.29 is 14.8 Å². The fourth-order valence-corrected chi connectivity index (χ4v) is 3.85. The SMILES string of the molecule is O=C(N/N=C\c1cn(Cc2ccc(Cl)cc2Cl)c2ccccc12)c1cc([N+](=O)[O-])ccc1O. The molecule has 2 N–H and O–H groups in total. The molecular weight excluding hydrogens is 467 g/mol. The molecule has 1 aromatic heterocycles. The zero-order chi connectivity index (χ0) is 23.5. The van der Waals surface area contributed by atoms with Crippen molar-refractivity contribution in [2.24, 2.45) is 5.10 Å². The lowest BCUT2D eigenvalue weighted by Gasteiger charge is -2.08. The van der Waals surface area contributed by atoms with Crippen LogP contribution in [0, 0.1) is 10.1 Å². The molecule has 0 aliphatic carbocycles. The number of hydrogen-bond donors (Lipinski definition) is 2. The third-order valence-electron chi connectivity index (χ3n) is 4.98. The molecule has 0 unspecified atom stereocenters. The molecule has 0 saturated carbocycles. The number of rotatable bonds is 6. The Hall–Kier alpha value is -3.88. The standard InChI is InChI=1S/C23H16Cl2N4O4/c24-16-6-5-14(20(25)9-16)12-28-13-15(18-3-1-2-4-21(18)28)11-26-27-23(31)19-10-17(29(32)33)7-8-22(19)30/h1-11,13,30H,12H2,(H,27,31)/b26-11-. The van der Waals surface area contributed by atoms with Gasteiger partial charge in [-0.3, -0.25) is 14.9 Å². The van der Waals surface area contributed by atoms with Crippen molar-refractivity contribution in [1.82, 2.24) is 9.99 Å². The molecule has 0 saturated heterocycles. The van der Waals surface area contributed by atoms with Gasteiger partial charge in [0.1, 0.15) is 5.75 Å². The Morgan fingerprint density at radius 3 is 2.70 bits per heavy atom. The Morgan fingerprint density at radius 2 is 1.94 bits per heavy atom. The molecule has 0 aliphatic heterocycles. The summed E-state index contributed by atoms with van der Waals surface area (Å²) in [7, 11) is 0. The van der Waals surface area contributed by atoms with E-state index >= 15 is 0 Å². The first-order valence-corrected chi connectivity index (χ1v) is 10.4. The van der Waals surface area contributed by atoms with E-state index < -0.39 is 10.8 Å². The van der Waals surface area contributed by atoms with Gasteiger partial charge in [-0.1, -0.05) is 47.5 Å². The van der Waals surface area contributed by atoms with Crippen LogP contribution >= 0.6 is 23.2 Å². The lowest BCUT2D eigenvalue weighted by Crippen LogP contribution is -2.18. The minimum atomic E-state index is -0.774. The summed E-state index contributed by atoms with van der Waals surface area (Å²) >= 11 is 12.3. The Bertz CT molecular complexity index is 1420. The fraction of sp³-hybridized carbons (Fsp3) is 0.0435. The number of halogens is 2. The van der Waals surface area contributed by atoms with Crippen LogP contribution in [0.25, 0.3) is 10.9 Å². The number of phenols is 1. The Morgan fingerprint density at radius 1 is 1.15 bits per heavy atom. The number of fused-ring (bicyclic) bond motifs is 1. The van der Waals surface area contributed by atoms with Crippen LogP contribution in [0.2, 0.25) is 10.0 Å². The first-order valence-electron chi connectivity index (χ1n) is 9.66. The smallest absolute Gasteiger partial charge is 0.275 e. The minimum absolute atomic E-state index is 0.249. The normalized spacial score (nSPS) is 11.2. The number of nitro groups is 1. The van der Waals surface area contributed by atoms with Crippen LogP contribution in [0.3, 0.4) is 0 Å². The second-order valence-corrected chi connectivity index (χ2v) is 7.97. The number of hydrazone groups is 1. The first kappa shape index (κ1) is 22.3. The van der Waals surface area contributed by atoms with Crippen molar-refractivity contribution in [3.05, 3.63) is 104 Å². The second-order valence-electron chi connectivity index (χ2n) is 7.12. The number of phenolic OH excluding ortho intramolecular Hbond substituents is 1. The molecule has 166 valence electrons. The summed E-state index contributed by atoms with van der Waals surface area (Å²) in [6.45, 7) is 0.498. The van der Waals surface area contributed by atoms with E-state index in [-0.39, 0.29) is 17.0 Å². The van der Waals surface area contributed by atoms with E-state index in [0.29, 0.717) is 16.6 Å². The first-order chi connectivity index (χ1) is 15.8. The van der Waals surface area contributed by atoms with Crippen LogP contribution in [-0.4, -0.2) is 26.7 Å². The van der Waals surface area contributed by atoms with Gasteiger partial charge >= 0.3 is 0 Å². The number of nitrogens with one attached hydrogen (secondary N) is 1. The zero-order valence-corrected chi connectivity index (χ0v) is 18.4. The fourth-order valence-electron chi connectivity index (χ4n) is 3.38. The van der Waals surface area contributed by atoms with Gasteiger partial charge < -0.3 is 9.67 Å². The molecule has 0 aliphatic rings.